The van der Waals surface area contributed by atoms with E-state index in [0.29, 0.717) is 10.5 Å². The molecule has 15 heavy (non-hydrogen) atoms. The first-order chi connectivity index (χ1) is 7.04. The van der Waals surface area contributed by atoms with Gasteiger partial charge < -0.3 is 5.73 Å². The first-order valence-electron chi connectivity index (χ1n) is 4.60. The number of primary amides is 1. The van der Waals surface area contributed by atoms with Crippen molar-refractivity contribution in [3.8, 4) is 0 Å². The average Bonchev–Trinajstić information content (AvgIpc) is 2.44. The second-order valence-electron chi connectivity index (χ2n) is 3.56. The molecule has 0 unspecified atom stereocenters. The van der Waals surface area contributed by atoms with Crippen molar-refractivity contribution in [1.82, 2.24) is 4.79 Å². The minimum absolute atomic E-state index is 0.214. The van der Waals surface area contributed by atoms with Gasteiger partial charge in [-0.3, -0.25) is 4.79 Å². The molecule has 0 aliphatic carbocycles. The van der Waals surface area contributed by atoms with Gasteiger partial charge in [-0.25, -0.2) is 0 Å². The Morgan fingerprint density at radius 1 is 1.40 bits per heavy atom. The predicted molar refractivity (Wildman–Crippen MR) is 56.4 cm³/mol. The van der Waals surface area contributed by atoms with Gasteiger partial charge in [0.1, 0.15) is 0 Å². The van der Waals surface area contributed by atoms with Crippen LogP contribution >= 0.6 is 0 Å². The molecule has 0 saturated heterocycles. The molecule has 0 bridgehead atoms. The molecule has 0 atom stereocenters. The lowest BCUT2D eigenvalue weighted by molar-refractivity contribution is 0.100. The van der Waals surface area contributed by atoms with Gasteiger partial charge in [-0.15, -0.1) is 0 Å². The maximum atomic E-state index is 13.7. The van der Waals surface area contributed by atoms with E-state index in [1.165, 1.54) is 6.07 Å². The number of nitrogens with zero attached hydrogens (tertiary/aromatic N) is 1. The van der Waals surface area contributed by atoms with Gasteiger partial charge in [0.2, 0.25) is 0 Å². The molecule has 1 amide bonds. The standard InChI is InChI=1S/C11H11FN2O/c1-6-7(2)14(12)10-8(6)4-3-5-9(10)11(13)15/h3-5H,1-2H3,(H2,13,15). The third-order valence-corrected chi connectivity index (χ3v) is 2.74. The summed E-state index contributed by atoms with van der Waals surface area (Å²) in [6.45, 7) is 3.48. The van der Waals surface area contributed by atoms with Crippen molar-refractivity contribution in [3.63, 3.8) is 0 Å². The van der Waals surface area contributed by atoms with Crippen LogP contribution in [-0.4, -0.2) is 10.7 Å². The predicted octanol–water partition coefficient (Wildman–Crippen LogP) is 2.09. The van der Waals surface area contributed by atoms with E-state index in [1.807, 2.05) is 6.92 Å². The van der Waals surface area contributed by atoms with E-state index in [1.54, 1.807) is 19.1 Å². The Balaban J connectivity index is 2.98. The van der Waals surface area contributed by atoms with Gasteiger partial charge in [0.05, 0.1) is 16.8 Å². The van der Waals surface area contributed by atoms with Gasteiger partial charge in [0.25, 0.3) is 5.91 Å². The van der Waals surface area contributed by atoms with Crippen molar-refractivity contribution in [2.75, 3.05) is 0 Å². The Hall–Kier alpha value is -1.84. The van der Waals surface area contributed by atoms with Gasteiger partial charge in [-0.1, -0.05) is 16.6 Å². The summed E-state index contributed by atoms with van der Waals surface area (Å²) >= 11 is 0. The highest BCUT2D eigenvalue weighted by atomic mass is 19.2. The molecule has 0 fully saturated rings. The van der Waals surface area contributed by atoms with Crippen molar-refractivity contribution >= 4 is 16.8 Å². The lowest BCUT2D eigenvalue weighted by Gasteiger charge is -1.99. The maximum Gasteiger partial charge on any atom is 0.250 e. The highest BCUT2D eigenvalue weighted by Crippen LogP contribution is 2.27. The number of aryl methyl sites for hydroxylation is 1. The molecular weight excluding hydrogens is 195 g/mol. The fraction of sp³-hybridized carbons (Fsp3) is 0.182. The summed E-state index contributed by atoms with van der Waals surface area (Å²) in [5, 5.41) is 0.728. The number of carbonyl (C=O) groups is 1. The summed E-state index contributed by atoms with van der Waals surface area (Å²) in [6, 6.07) is 5.01. The third-order valence-electron chi connectivity index (χ3n) is 2.74. The number of rotatable bonds is 1. The van der Waals surface area contributed by atoms with Crippen LogP contribution in [0.1, 0.15) is 21.6 Å². The quantitative estimate of drug-likeness (QED) is 0.763. The van der Waals surface area contributed by atoms with E-state index in [2.05, 4.69) is 0 Å². The van der Waals surface area contributed by atoms with Crippen molar-refractivity contribution < 1.29 is 9.28 Å². The molecule has 1 aromatic heterocycles. The Labute approximate surface area is 86.2 Å². The second kappa shape index (κ2) is 3.08. The lowest BCUT2D eigenvalue weighted by Crippen LogP contribution is -2.12. The van der Waals surface area contributed by atoms with Crippen LogP contribution in [0.5, 0.6) is 0 Å². The molecule has 2 aromatic rings. The molecule has 4 heteroatoms. The molecule has 2 N–H and O–H groups in total. The largest absolute Gasteiger partial charge is 0.366 e. The Kier molecular flexibility index (Phi) is 2.00. The van der Waals surface area contributed by atoms with Gasteiger partial charge in [0, 0.05) is 5.39 Å². The van der Waals surface area contributed by atoms with E-state index >= 15 is 0 Å². The summed E-state index contributed by atoms with van der Waals surface area (Å²) in [7, 11) is 0. The van der Waals surface area contributed by atoms with Crippen LogP contribution in [0.2, 0.25) is 0 Å². The summed E-state index contributed by atoms with van der Waals surface area (Å²) in [5.74, 6) is -0.614. The van der Waals surface area contributed by atoms with Crippen molar-refractivity contribution in [3.05, 3.63) is 35.0 Å². The topological polar surface area (TPSA) is 48.0 Å². The highest BCUT2D eigenvalue weighted by molar-refractivity contribution is 6.06. The number of benzene rings is 1. The zero-order chi connectivity index (χ0) is 11.2. The number of para-hydroxylation sites is 1. The van der Waals surface area contributed by atoms with Gasteiger partial charge in [-0.05, 0) is 25.5 Å². The minimum Gasteiger partial charge on any atom is -0.366 e. The second-order valence-corrected chi connectivity index (χ2v) is 3.56. The Morgan fingerprint density at radius 2 is 2.07 bits per heavy atom. The number of aromatic nitrogens is 1. The van der Waals surface area contributed by atoms with Crippen LogP contribution in [0, 0.1) is 13.8 Å². The lowest BCUT2D eigenvalue weighted by atomic mass is 10.1. The van der Waals surface area contributed by atoms with Crippen LogP contribution < -0.4 is 5.73 Å². The maximum absolute atomic E-state index is 13.7. The molecule has 3 nitrogen and oxygen atoms in total. The zero-order valence-electron chi connectivity index (χ0n) is 8.54. The van der Waals surface area contributed by atoms with E-state index in [-0.39, 0.29) is 11.1 Å². The van der Waals surface area contributed by atoms with Crippen molar-refractivity contribution in [1.29, 1.82) is 0 Å². The first kappa shape index (κ1) is 9.71. The average molecular weight is 206 g/mol. The number of nitrogens with two attached hydrogens (primary N) is 1. The van der Waals surface area contributed by atoms with E-state index in [0.717, 1.165) is 10.9 Å². The summed E-state index contributed by atoms with van der Waals surface area (Å²) in [6.07, 6.45) is 0. The highest BCUT2D eigenvalue weighted by Gasteiger charge is 2.16. The summed E-state index contributed by atoms with van der Waals surface area (Å²) < 4.78 is 13.7. The molecule has 0 radical (unpaired) electrons. The molecule has 0 saturated carbocycles. The van der Waals surface area contributed by atoms with E-state index in [4.69, 9.17) is 5.73 Å². The molecule has 0 aliphatic heterocycles. The van der Waals surface area contributed by atoms with Crippen LogP contribution in [0.25, 0.3) is 10.9 Å². The number of amides is 1. The molecule has 0 aliphatic rings. The van der Waals surface area contributed by atoms with Gasteiger partial charge >= 0.3 is 0 Å². The summed E-state index contributed by atoms with van der Waals surface area (Å²) in [4.78, 5) is 11.6. The SMILES string of the molecule is Cc1c(C)n(F)c2c(C(N)=O)cccc12. The summed E-state index contributed by atoms with van der Waals surface area (Å²) in [5.41, 5.74) is 7.00. The van der Waals surface area contributed by atoms with E-state index < -0.39 is 5.91 Å². The molecule has 1 aromatic carbocycles. The molecule has 0 spiro atoms. The van der Waals surface area contributed by atoms with Crippen LogP contribution in [-0.2, 0) is 0 Å². The van der Waals surface area contributed by atoms with Gasteiger partial charge in [0.15, 0.2) is 0 Å². The number of carbonyl (C=O) groups excluding carboxylic acids is 1. The first-order valence-corrected chi connectivity index (χ1v) is 4.60. The number of halogens is 1. The Morgan fingerprint density at radius 3 is 2.67 bits per heavy atom. The van der Waals surface area contributed by atoms with Crippen LogP contribution in [0.3, 0.4) is 0 Å². The Bertz CT molecular complexity index is 557. The van der Waals surface area contributed by atoms with Crippen LogP contribution in [0.4, 0.5) is 4.48 Å². The van der Waals surface area contributed by atoms with Crippen molar-refractivity contribution in [2.45, 2.75) is 13.8 Å². The molecule has 1 heterocycles. The normalized spacial score (nSPS) is 10.9. The van der Waals surface area contributed by atoms with E-state index in [9.17, 15) is 9.28 Å². The fourth-order valence-electron chi connectivity index (χ4n) is 1.77. The third kappa shape index (κ3) is 1.21. The monoisotopic (exact) mass is 206 g/mol. The molecule has 2 rings (SSSR count). The van der Waals surface area contributed by atoms with Gasteiger partial charge in [-0.2, -0.15) is 4.79 Å². The smallest absolute Gasteiger partial charge is 0.250 e. The number of hydrogen-bond donors (Lipinski definition) is 1. The van der Waals surface area contributed by atoms with Crippen molar-refractivity contribution in [2.24, 2.45) is 5.73 Å². The molecular formula is C11H11FN2O. The van der Waals surface area contributed by atoms with Crippen LogP contribution in [0.15, 0.2) is 18.2 Å². The molecule has 78 valence electrons. The zero-order valence-corrected chi connectivity index (χ0v) is 8.54. The fourth-order valence-corrected chi connectivity index (χ4v) is 1.77. The number of fused-ring (bicyclic) bond motifs is 1. The number of hydrogen-bond acceptors (Lipinski definition) is 1. The minimum atomic E-state index is -0.614.